The number of aromatic nitrogens is 2. The van der Waals surface area contributed by atoms with E-state index >= 15 is 0 Å². The molecule has 0 fully saturated rings. The number of hydrogen-bond donors (Lipinski definition) is 2. The fourth-order valence-electron chi connectivity index (χ4n) is 1.54. The summed E-state index contributed by atoms with van der Waals surface area (Å²) in [6, 6.07) is 3.22. The minimum atomic E-state index is -0.624. The van der Waals surface area contributed by atoms with Gasteiger partial charge >= 0.3 is 0 Å². The molecule has 16 heavy (non-hydrogen) atoms. The third kappa shape index (κ3) is 1.41. The van der Waals surface area contributed by atoms with E-state index in [9.17, 15) is 9.50 Å². The van der Waals surface area contributed by atoms with Crippen molar-refractivity contribution in [3.05, 3.63) is 29.7 Å². The molecule has 0 saturated carbocycles. The Bertz CT molecular complexity index is 548. The summed E-state index contributed by atoms with van der Waals surface area (Å²) in [6.07, 6.45) is 1.50. The molecular weight excluding hydrogens is 209 g/mol. The maximum absolute atomic E-state index is 13.5. The van der Waals surface area contributed by atoms with Crippen molar-refractivity contribution >= 4 is 5.82 Å². The monoisotopic (exact) mass is 221 g/mol. The quantitative estimate of drug-likeness (QED) is 0.772. The predicted octanol–water partition coefficient (Wildman–Crippen LogP) is 1.82. The Morgan fingerprint density at radius 3 is 2.62 bits per heavy atom. The third-order valence-electron chi connectivity index (χ3n) is 2.58. The van der Waals surface area contributed by atoms with Crippen LogP contribution in [0.4, 0.5) is 10.2 Å². The first-order valence-corrected chi connectivity index (χ1v) is 4.78. The fourth-order valence-corrected chi connectivity index (χ4v) is 1.54. The van der Waals surface area contributed by atoms with Crippen LogP contribution in [0.2, 0.25) is 0 Å². The number of aromatic hydroxyl groups is 1. The zero-order valence-corrected chi connectivity index (χ0v) is 9.03. The molecule has 1 aromatic carbocycles. The van der Waals surface area contributed by atoms with Crippen molar-refractivity contribution < 1.29 is 9.50 Å². The standard InChI is InChI=1S/C11H12FN3O/c1-6-3-4-7(10(16)9(6)12)8-5-14-15(2)11(8)13/h3-5,16H,13H2,1-2H3. The second kappa shape index (κ2) is 3.52. The van der Waals surface area contributed by atoms with E-state index in [2.05, 4.69) is 5.10 Å². The molecule has 0 aliphatic heterocycles. The first kappa shape index (κ1) is 10.5. The highest BCUT2D eigenvalue weighted by molar-refractivity contribution is 5.78. The smallest absolute Gasteiger partial charge is 0.168 e. The summed E-state index contributed by atoms with van der Waals surface area (Å²) >= 11 is 0. The van der Waals surface area contributed by atoms with Gasteiger partial charge < -0.3 is 10.8 Å². The van der Waals surface area contributed by atoms with Crippen LogP contribution in [0, 0.1) is 12.7 Å². The lowest BCUT2D eigenvalue weighted by Crippen LogP contribution is -1.98. The zero-order valence-electron chi connectivity index (χ0n) is 9.03. The Kier molecular flexibility index (Phi) is 2.30. The Labute approximate surface area is 92.1 Å². The van der Waals surface area contributed by atoms with E-state index in [-0.39, 0.29) is 5.75 Å². The first-order chi connectivity index (χ1) is 7.52. The lowest BCUT2D eigenvalue weighted by Gasteiger charge is -2.06. The molecule has 2 aromatic rings. The highest BCUT2D eigenvalue weighted by Crippen LogP contribution is 2.35. The number of phenols is 1. The Morgan fingerprint density at radius 1 is 1.38 bits per heavy atom. The summed E-state index contributed by atoms with van der Waals surface area (Å²) in [5, 5.41) is 13.6. The number of rotatable bonds is 1. The van der Waals surface area contributed by atoms with Crippen LogP contribution in [0.5, 0.6) is 5.75 Å². The SMILES string of the molecule is Cc1ccc(-c2cnn(C)c2N)c(O)c1F. The summed E-state index contributed by atoms with van der Waals surface area (Å²) in [5.41, 5.74) is 7.03. The summed E-state index contributed by atoms with van der Waals surface area (Å²) in [5.74, 6) is -0.626. The third-order valence-corrected chi connectivity index (χ3v) is 2.58. The average Bonchev–Trinajstić information content (AvgIpc) is 2.58. The van der Waals surface area contributed by atoms with Gasteiger partial charge in [-0.15, -0.1) is 0 Å². The van der Waals surface area contributed by atoms with Crippen molar-refractivity contribution in [2.75, 3.05) is 5.73 Å². The normalized spacial score (nSPS) is 10.7. The summed E-state index contributed by atoms with van der Waals surface area (Å²) < 4.78 is 15.0. The van der Waals surface area contributed by atoms with Gasteiger partial charge in [-0.05, 0) is 18.6 Å². The maximum atomic E-state index is 13.5. The molecule has 0 radical (unpaired) electrons. The summed E-state index contributed by atoms with van der Waals surface area (Å²) in [4.78, 5) is 0. The van der Waals surface area contributed by atoms with Crippen molar-refractivity contribution in [2.45, 2.75) is 6.92 Å². The van der Waals surface area contributed by atoms with Gasteiger partial charge in [-0.2, -0.15) is 5.10 Å². The predicted molar refractivity (Wildman–Crippen MR) is 59.4 cm³/mol. The molecule has 0 aliphatic rings. The van der Waals surface area contributed by atoms with Crippen molar-refractivity contribution in [1.29, 1.82) is 0 Å². The molecule has 1 heterocycles. The van der Waals surface area contributed by atoms with E-state index in [0.717, 1.165) is 0 Å². The summed E-state index contributed by atoms with van der Waals surface area (Å²) in [6.45, 7) is 1.59. The number of benzene rings is 1. The lowest BCUT2D eigenvalue weighted by atomic mass is 10.0. The molecule has 84 valence electrons. The van der Waals surface area contributed by atoms with Crippen molar-refractivity contribution in [2.24, 2.45) is 7.05 Å². The van der Waals surface area contributed by atoms with Crippen LogP contribution in [0.25, 0.3) is 11.1 Å². The van der Waals surface area contributed by atoms with Crippen LogP contribution < -0.4 is 5.73 Å². The van der Waals surface area contributed by atoms with Crippen molar-refractivity contribution in [1.82, 2.24) is 9.78 Å². The Morgan fingerprint density at radius 2 is 2.06 bits per heavy atom. The molecule has 4 nitrogen and oxygen atoms in total. The van der Waals surface area contributed by atoms with Gasteiger partial charge in [-0.25, -0.2) is 4.39 Å². The molecule has 3 N–H and O–H groups in total. The summed E-state index contributed by atoms with van der Waals surface area (Å²) in [7, 11) is 1.68. The van der Waals surface area contributed by atoms with E-state index in [0.29, 0.717) is 22.5 Å². The van der Waals surface area contributed by atoms with Gasteiger partial charge in [0.15, 0.2) is 11.6 Å². The minimum Gasteiger partial charge on any atom is -0.504 e. The van der Waals surface area contributed by atoms with Crippen LogP contribution in [0.3, 0.4) is 0 Å². The van der Waals surface area contributed by atoms with Gasteiger partial charge in [0.05, 0.1) is 6.20 Å². The van der Waals surface area contributed by atoms with Crippen LogP contribution in [0.15, 0.2) is 18.3 Å². The van der Waals surface area contributed by atoms with Crippen LogP contribution in [0.1, 0.15) is 5.56 Å². The Balaban J connectivity index is 2.66. The average molecular weight is 221 g/mol. The minimum absolute atomic E-state index is 0.355. The van der Waals surface area contributed by atoms with Crippen LogP contribution in [-0.4, -0.2) is 14.9 Å². The highest BCUT2D eigenvalue weighted by atomic mass is 19.1. The lowest BCUT2D eigenvalue weighted by molar-refractivity contribution is 0.432. The second-order valence-electron chi connectivity index (χ2n) is 3.66. The second-order valence-corrected chi connectivity index (χ2v) is 3.66. The molecule has 5 heteroatoms. The molecule has 0 spiro atoms. The molecule has 0 unspecified atom stereocenters. The number of nitrogen functional groups attached to an aromatic ring is 1. The van der Waals surface area contributed by atoms with Crippen LogP contribution >= 0.6 is 0 Å². The molecule has 0 bridgehead atoms. The van der Waals surface area contributed by atoms with Crippen molar-refractivity contribution in [3.63, 3.8) is 0 Å². The number of halogens is 1. The first-order valence-electron chi connectivity index (χ1n) is 4.78. The van der Waals surface area contributed by atoms with Gasteiger partial charge in [0.25, 0.3) is 0 Å². The number of hydrogen-bond acceptors (Lipinski definition) is 3. The van der Waals surface area contributed by atoms with E-state index < -0.39 is 5.82 Å². The maximum Gasteiger partial charge on any atom is 0.168 e. The van der Waals surface area contributed by atoms with Gasteiger partial charge in [0, 0.05) is 18.2 Å². The highest BCUT2D eigenvalue weighted by Gasteiger charge is 2.15. The topological polar surface area (TPSA) is 64.1 Å². The molecule has 1 aromatic heterocycles. The van der Waals surface area contributed by atoms with E-state index in [1.807, 2.05) is 0 Å². The Hall–Kier alpha value is -2.04. The van der Waals surface area contributed by atoms with Crippen molar-refractivity contribution in [3.8, 4) is 16.9 Å². The fraction of sp³-hybridized carbons (Fsp3) is 0.182. The number of anilines is 1. The largest absolute Gasteiger partial charge is 0.504 e. The van der Waals surface area contributed by atoms with Gasteiger partial charge in [0.1, 0.15) is 5.82 Å². The molecule has 0 atom stereocenters. The van der Waals surface area contributed by atoms with Crippen LogP contribution in [-0.2, 0) is 7.05 Å². The molecule has 0 amide bonds. The number of phenolic OH excluding ortho intramolecular Hbond substituents is 1. The zero-order chi connectivity index (χ0) is 11.9. The molecular formula is C11H12FN3O. The van der Waals surface area contributed by atoms with E-state index in [1.165, 1.54) is 10.9 Å². The van der Waals surface area contributed by atoms with Gasteiger partial charge in [-0.1, -0.05) is 6.07 Å². The number of nitrogens with two attached hydrogens (primary N) is 1. The molecule has 0 saturated heterocycles. The van der Waals surface area contributed by atoms with E-state index in [1.54, 1.807) is 26.1 Å². The number of aryl methyl sites for hydroxylation is 2. The van der Waals surface area contributed by atoms with Gasteiger partial charge in [-0.3, -0.25) is 4.68 Å². The molecule has 2 rings (SSSR count). The molecule has 0 aliphatic carbocycles. The number of nitrogens with zero attached hydrogens (tertiary/aromatic N) is 2. The van der Waals surface area contributed by atoms with Gasteiger partial charge in [0.2, 0.25) is 0 Å². The van der Waals surface area contributed by atoms with E-state index in [4.69, 9.17) is 5.73 Å².